The van der Waals surface area contributed by atoms with Crippen molar-refractivity contribution >= 4 is 39.8 Å². The Labute approximate surface area is 284 Å². The van der Waals surface area contributed by atoms with Gasteiger partial charge in [0.1, 0.15) is 6.61 Å². The second kappa shape index (κ2) is 12.4. The topological polar surface area (TPSA) is 99.0 Å². The van der Waals surface area contributed by atoms with E-state index < -0.39 is 10.8 Å². The number of methoxy groups -OCH3 is 1. The summed E-state index contributed by atoms with van der Waals surface area (Å²) >= 11 is 2.22. The molecule has 4 aliphatic rings. The van der Waals surface area contributed by atoms with Crippen LogP contribution in [-0.2, 0) is 16.2 Å². The first-order valence-electron chi connectivity index (χ1n) is 16.3. The van der Waals surface area contributed by atoms with Crippen molar-refractivity contribution in [2.45, 2.75) is 104 Å². The molecule has 0 radical (unpaired) electrons. The standard InChI is InChI=1S/C37H43IN2O6/c1-36(2)17-27-33(29(41)19-36)32(34-28(18-37(3,4)20-30(34)42)39(27)24-11-7-6-8-12-24)23-15-26(38)35(31(16-23)45-5)46-21-22-10-9-13-25(14-22)40(43)44/h9-10,13-16,24,32H,6-8,11-12,17-21H2,1-5H3. The van der Waals surface area contributed by atoms with Crippen LogP contribution in [0.3, 0.4) is 0 Å². The van der Waals surface area contributed by atoms with Crippen LogP contribution in [0.4, 0.5) is 5.69 Å². The summed E-state index contributed by atoms with van der Waals surface area (Å²) in [6.45, 7) is 8.85. The Hall–Kier alpha value is -3.21. The van der Waals surface area contributed by atoms with E-state index in [1.807, 2.05) is 12.1 Å². The number of rotatable bonds is 7. The molecule has 0 unspecified atom stereocenters. The molecule has 1 saturated carbocycles. The molecule has 0 amide bonds. The summed E-state index contributed by atoms with van der Waals surface area (Å²) < 4.78 is 12.9. The normalized spacial score (nSPS) is 21.7. The van der Waals surface area contributed by atoms with Gasteiger partial charge < -0.3 is 14.4 Å². The molecule has 1 heterocycles. The van der Waals surface area contributed by atoms with Crippen LogP contribution in [-0.4, -0.2) is 34.5 Å². The van der Waals surface area contributed by atoms with Gasteiger partial charge in [0.05, 0.1) is 15.6 Å². The summed E-state index contributed by atoms with van der Waals surface area (Å²) in [7, 11) is 1.58. The number of carbonyl (C=O) groups is 2. The lowest BCUT2D eigenvalue weighted by Crippen LogP contribution is -2.48. The van der Waals surface area contributed by atoms with E-state index in [0.717, 1.165) is 70.2 Å². The van der Waals surface area contributed by atoms with Gasteiger partial charge in [-0.1, -0.05) is 59.1 Å². The zero-order chi connectivity index (χ0) is 33.0. The Balaban J connectivity index is 1.48. The van der Waals surface area contributed by atoms with Gasteiger partial charge in [-0.25, -0.2) is 0 Å². The molecule has 2 aromatic carbocycles. The van der Waals surface area contributed by atoms with Gasteiger partial charge in [-0.15, -0.1) is 0 Å². The second-order valence-corrected chi connectivity index (χ2v) is 16.1. The number of halogens is 1. The molecule has 244 valence electrons. The van der Waals surface area contributed by atoms with Crippen molar-refractivity contribution in [1.29, 1.82) is 0 Å². The number of nitro groups is 1. The van der Waals surface area contributed by atoms with Gasteiger partial charge in [0.25, 0.3) is 5.69 Å². The van der Waals surface area contributed by atoms with Crippen LogP contribution in [0, 0.1) is 24.5 Å². The molecule has 2 aromatic rings. The van der Waals surface area contributed by atoms with Crippen molar-refractivity contribution in [1.82, 2.24) is 4.90 Å². The third-order valence-electron chi connectivity index (χ3n) is 9.98. The predicted octanol–water partition coefficient (Wildman–Crippen LogP) is 8.81. The lowest BCUT2D eigenvalue weighted by Gasteiger charge is -2.52. The summed E-state index contributed by atoms with van der Waals surface area (Å²) in [5.41, 5.74) is 4.97. The fraction of sp³-hybridized carbons (Fsp3) is 0.514. The first-order chi connectivity index (χ1) is 21.8. The smallest absolute Gasteiger partial charge is 0.269 e. The van der Waals surface area contributed by atoms with Crippen LogP contribution in [0.2, 0.25) is 0 Å². The molecule has 8 nitrogen and oxygen atoms in total. The fourth-order valence-corrected chi connectivity index (χ4v) is 8.85. The molecule has 1 fully saturated rings. The predicted molar refractivity (Wildman–Crippen MR) is 185 cm³/mol. The summed E-state index contributed by atoms with van der Waals surface area (Å²) in [5, 5.41) is 11.3. The Morgan fingerprint density at radius 1 is 0.913 bits per heavy atom. The van der Waals surface area contributed by atoms with Gasteiger partial charge in [0, 0.05) is 59.5 Å². The van der Waals surface area contributed by atoms with Crippen molar-refractivity contribution in [3.63, 3.8) is 0 Å². The lowest BCUT2D eigenvalue weighted by atomic mass is 9.63. The van der Waals surface area contributed by atoms with E-state index in [1.54, 1.807) is 19.2 Å². The average Bonchev–Trinajstić information content (AvgIpc) is 2.98. The molecular weight excluding hydrogens is 695 g/mol. The SMILES string of the molecule is COc1cc(C2C3=C(CC(C)(C)CC3=O)N(C3CCCCC3)C3=C2C(=O)CC(C)(C)C3)cc(I)c1OCc1cccc([N+](=O)[O-])c1. The molecule has 6 rings (SSSR count). The average molecular weight is 739 g/mol. The maximum absolute atomic E-state index is 14.3. The molecule has 46 heavy (non-hydrogen) atoms. The van der Waals surface area contributed by atoms with E-state index in [9.17, 15) is 19.7 Å². The Kier molecular flexibility index (Phi) is 8.84. The van der Waals surface area contributed by atoms with Crippen LogP contribution in [0.15, 0.2) is 58.9 Å². The Morgan fingerprint density at radius 2 is 1.52 bits per heavy atom. The lowest BCUT2D eigenvalue weighted by molar-refractivity contribution is -0.384. The van der Waals surface area contributed by atoms with Gasteiger partial charge in [-0.3, -0.25) is 19.7 Å². The Bertz CT molecular complexity index is 1610. The van der Waals surface area contributed by atoms with Crippen LogP contribution in [0.1, 0.15) is 103 Å². The largest absolute Gasteiger partial charge is 0.493 e. The molecular formula is C37H43IN2O6. The quantitative estimate of drug-likeness (QED) is 0.159. The molecule has 0 bridgehead atoms. The van der Waals surface area contributed by atoms with Crippen LogP contribution < -0.4 is 9.47 Å². The van der Waals surface area contributed by atoms with E-state index in [0.29, 0.717) is 35.9 Å². The zero-order valence-electron chi connectivity index (χ0n) is 27.4. The van der Waals surface area contributed by atoms with Crippen molar-refractivity contribution in [2.24, 2.45) is 10.8 Å². The van der Waals surface area contributed by atoms with Gasteiger partial charge in [-0.2, -0.15) is 0 Å². The highest BCUT2D eigenvalue weighted by Crippen LogP contribution is 2.56. The summed E-state index contributed by atoms with van der Waals surface area (Å²) in [5.74, 6) is 0.805. The third-order valence-corrected chi connectivity index (χ3v) is 10.8. The van der Waals surface area contributed by atoms with Crippen molar-refractivity contribution in [3.05, 3.63) is 83.7 Å². The molecule has 3 aliphatic carbocycles. The number of hydrogen-bond donors (Lipinski definition) is 0. The van der Waals surface area contributed by atoms with Crippen molar-refractivity contribution < 1.29 is 24.0 Å². The first-order valence-corrected chi connectivity index (χ1v) is 17.4. The van der Waals surface area contributed by atoms with Gasteiger partial charge >= 0.3 is 0 Å². The number of non-ortho nitro benzene ring substituents is 1. The second-order valence-electron chi connectivity index (χ2n) is 14.9. The molecule has 0 saturated heterocycles. The van der Waals surface area contributed by atoms with E-state index in [2.05, 4.69) is 55.2 Å². The number of carbonyl (C=O) groups excluding carboxylic acids is 2. The van der Waals surface area contributed by atoms with Gasteiger partial charge in [0.2, 0.25) is 0 Å². The van der Waals surface area contributed by atoms with Gasteiger partial charge in [-0.05, 0) is 82.4 Å². The minimum absolute atomic E-state index is 0.00601. The van der Waals surface area contributed by atoms with Gasteiger partial charge in [0.15, 0.2) is 23.1 Å². The number of ketones is 2. The third kappa shape index (κ3) is 6.23. The number of hydrogen-bond acceptors (Lipinski definition) is 7. The summed E-state index contributed by atoms with van der Waals surface area (Å²) in [6.07, 6.45) is 8.19. The molecule has 1 aliphatic heterocycles. The number of nitro benzene ring substituents is 1. The minimum Gasteiger partial charge on any atom is -0.493 e. The number of ether oxygens (including phenoxy) is 2. The van der Waals surface area contributed by atoms with Crippen LogP contribution >= 0.6 is 22.6 Å². The van der Waals surface area contributed by atoms with E-state index in [-0.39, 0.29) is 34.7 Å². The molecule has 0 atom stereocenters. The highest BCUT2D eigenvalue weighted by atomic mass is 127. The molecule has 0 spiro atoms. The zero-order valence-corrected chi connectivity index (χ0v) is 29.6. The van der Waals surface area contributed by atoms with E-state index >= 15 is 0 Å². The summed E-state index contributed by atoms with van der Waals surface area (Å²) in [4.78, 5) is 41.9. The number of nitrogens with zero attached hydrogens (tertiary/aromatic N) is 2. The van der Waals surface area contributed by atoms with E-state index in [4.69, 9.17) is 9.47 Å². The number of Topliss-reactive ketones (excluding diaryl/α,β-unsaturated/α-hetero) is 2. The van der Waals surface area contributed by atoms with Crippen molar-refractivity contribution in [3.8, 4) is 11.5 Å². The Morgan fingerprint density at radius 3 is 2.09 bits per heavy atom. The van der Waals surface area contributed by atoms with Crippen LogP contribution in [0.5, 0.6) is 11.5 Å². The first kappa shape index (κ1) is 32.7. The minimum atomic E-state index is -0.467. The molecule has 0 aromatic heterocycles. The van der Waals surface area contributed by atoms with Crippen LogP contribution in [0.25, 0.3) is 0 Å². The monoisotopic (exact) mass is 738 g/mol. The molecule has 0 N–H and O–H groups in total. The number of allylic oxidation sites excluding steroid dienone is 4. The maximum Gasteiger partial charge on any atom is 0.269 e. The highest BCUT2D eigenvalue weighted by Gasteiger charge is 2.50. The highest BCUT2D eigenvalue weighted by molar-refractivity contribution is 14.1. The molecule has 9 heteroatoms. The summed E-state index contributed by atoms with van der Waals surface area (Å²) in [6, 6.07) is 10.6. The van der Waals surface area contributed by atoms with E-state index in [1.165, 1.54) is 18.6 Å². The van der Waals surface area contributed by atoms with Crippen molar-refractivity contribution in [2.75, 3.05) is 7.11 Å². The maximum atomic E-state index is 14.3. The fourth-order valence-electron chi connectivity index (χ4n) is 8.07. The number of benzene rings is 2.